The molecule has 0 aliphatic rings. The van der Waals surface area contributed by atoms with E-state index in [-0.39, 0.29) is 11.3 Å². The van der Waals surface area contributed by atoms with E-state index in [1.54, 1.807) is 31.4 Å². The molecule has 43 heavy (non-hydrogen) atoms. The zero-order chi connectivity index (χ0) is 30.3. The lowest BCUT2D eigenvalue weighted by molar-refractivity contribution is 0.0733. The molecule has 0 radical (unpaired) electrons. The van der Waals surface area contributed by atoms with Crippen LogP contribution in [0.1, 0.15) is 26.4 Å². The molecule has 4 aromatic carbocycles. The topological polar surface area (TPSA) is 120 Å². The van der Waals surface area contributed by atoms with Gasteiger partial charge < -0.3 is 28.7 Å². The number of carbonyl (C=O) groups is 2. The van der Waals surface area contributed by atoms with Crippen molar-refractivity contribution in [1.82, 2.24) is 10.4 Å². The van der Waals surface area contributed by atoms with E-state index >= 15 is 0 Å². The van der Waals surface area contributed by atoms with Crippen molar-refractivity contribution < 1.29 is 33.3 Å². The van der Waals surface area contributed by atoms with Gasteiger partial charge in [0.15, 0.2) is 11.5 Å². The van der Waals surface area contributed by atoms with Crippen LogP contribution in [0.25, 0.3) is 22.0 Å². The first-order valence-electron chi connectivity index (χ1n) is 13.2. The Morgan fingerprint density at radius 3 is 2.07 bits per heavy atom. The molecule has 1 aromatic heterocycles. The molecule has 2 N–H and O–H groups in total. The Kier molecular flexibility index (Phi) is 8.57. The van der Waals surface area contributed by atoms with E-state index in [1.807, 2.05) is 48.5 Å². The molecule has 10 nitrogen and oxygen atoms in total. The summed E-state index contributed by atoms with van der Waals surface area (Å²) in [5.74, 6) is 0.726. The standard InChI is InChI=1S/C33H29N3O7/c1-39-25-16-10-14-23-28(20-11-6-5-7-12-20)30(35-29(23)25)32(37)36-34-19-21-13-8-9-15-24(21)43-33(38)22-17-26(40-2)31(42-4)27(18-22)41-3/h5-19,35H,1-4H3,(H,36,37). The largest absolute Gasteiger partial charge is 0.495 e. The maximum atomic E-state index is 13.4. The normalized spacial score (nSPS) is 10.9. The molecular formula is C33H29N3O7. The van der Waals surface area contributed by atoms with Gasteiger partial charge in [-0.1, -0.05) is 54.6 Å². The second-order valence-electron chi connectivity index (χ2n) is 9.16. The molecule has 5 rings (SSSR count). The summed E-state index contributed by atoms with van der Waals surface area (Å²) in [7, 11) is 5.97. The molecule has 1 amide bonds. The Bertz CT molecular complexity index is 1790. The Morgan fingerprint density at radius 1 is 0.744 bits per heavy atom. The number of carbonyl (C=O) groups excluding carboxylic acids is 2. The molecule has 0 atom stereocenters. The van der Waals surface area contributed by atoms with Gasteiger partial charge in [-0.05, 0) is 35.9 Å². The fraction of sp³-hybridized carbons (Fsp3) is 0.121. The van der Waals surface area contributed by atoms with Gasteiger partial charge in [0.05, 0.1) is 45.7 Å². The summed E-state index contributed by atoms with van der Waals surface area (Å²) >= 11 is 0. The number of nitrogens with zero attached hydrogens (tertiary/aromatic N) is 1. The minimum Gasteiger partial charge on any atom is -0.495 e. The van der Waals surface area contributed by atoms with E-state index in [9.17, 15) is 9.59 Å². The highest BCUT2D eigenvalue weighted by molar-refractivity contribution is 6.11. The Balaban J connectivity index is 1.40. The Morgan fingerprint density at radius 2 is 1.40 bits per heavy atom. The number of para-hydroxylation sites is 2. The van der Waals surface area contributed by atoms with E-state index in [1.165, 1.54) is 39.7 Å². The number of aromatic nitrogens is 1. The van der Waals surface area contributed by atoms with Gasteiger partial charge in [-0.2, -0.15) is 5.10 Å². The van der Waals surface area contributed by atoms with E-state index in [0.717, 1.165) is 16.5 Å². The van der Waals surface area contributed by atoms with Crippen molar-refractivity contribution in [2.75, 3.05) is 28.4 Å². The first-order valence-corrected chi connectivity index (χ1v) is 13.2. The van der Waals surface area contributed by atoms with E-state index in [4.69, 9.17) is 23.7 Å². The number of hydrogen-bond donors (Lipinski definition) is 2. The van der Waals surface area contributed by atoms with Crippen molar-refractivity contribution in [3.63, 3.8) is 0 Å². The first-order chi connectivity index (χ1) is 21.0. The molecule has 0 saturated heterocycles. The highest BCUT2D eigenvalue weighted by Crippen LogP contribution is 2.39. The molecule has 0 aliphatic carbocycles. The van der Waals surface area contributed by atoms with E-state index in [0.29, 0.717) is 39.8 Å². The lowest BCUT2D eigenvalue weighted by atomic mass is 10.0. The zero-order valence-corrected chi connectivity index (χ0v) is 24.0. The number of amides is 1. The minimum absolute atomic E-state index is 0.192. The zero-order valence-electron chi connectivity index (χ0n) is 24.0. The summed E-state index contributed by atoms with van der Waals surface area (Å²) in [6.07, 6.45) is 1.40. The quantitative estimate of drug-likeness (QED) is 0.0921. The number of hydrazone groups is 1. The monoisotopic (exact) mass is 579 g/mol. The number of hydrogen-bond acceptors (Lipinski definition) is 8. The highest BCUT2D eigenvalue weighted by atomic mass is 16.5. The Labute approximate surface area is 247 Å². The maximum Gasteiger partial charge on any atom is 0.343 e. The number of fused-ring (bicyclic) bond motifs is 1. The number of aromatic amines is 1. The summed E-state index contributed by atoms with van der Waals surface area (Å²) in [6, 6.07) is 25.0. The van der Waals surface area contributed by atoms with Crippen molar-refractivity contribution in [2.24, 2.45) is 5.10 Å². The average molecular weight is 580 g/mol. The van der Waals surface area contributed by atoms with Crippen LogP contribution >= 0.6 is 0 Å². The molecule has 0 unspecified atom stereocenters. The van der Waals surface area contributed by atoms with Gasteiger partial charge in [0, 0.05) is 16.5 Å². The highest BCUT2D eigenvalue weighted by Gasteiger charge is 2.22. The summed E-state index contributed by atoms with van der Waals surface area (Å²) in [6.45, 7) is 0. The third-order valence-corrected chi connectivity index (χ3v) is 6.70. The van der Waals surface area contributed by atoms with Crippen LogP contribution in [0.5, 0.6) is 28.7 Å². The van der Waals surface area contributed by atoms with Crippen LogP contribution in [0, 0.1) is 0 Å². The van der Waals surface area contributed by atoms with Gasteiger partial charge in [-0.3, -0.25) is 4.79 Å². The van der Waals surface area contributed by atoms with Crippen LogP contribution in [0.2, 0.25) is 0 Å². The third-order valence-electron chi connectivity index (χ3n) is 6.70. The number of H-pyrrole nitrogens is 1. The molecule has 5 aromatic rings. The van der Waals surface area contributed by atoms with Gasteiger partial charge in [0.1, 0.15) is 17.2 Å². The lowest BCUT2D eigenvalue weighted by Gasteiger charge is -2.14. The van der Waals surface area contributed by atoms with E-state index < -0.39 is 11.9 Å². The molecule has 0 aliphatic heterocycles. The number of methoxy groups -OCH3 is 4. The molecule has 0 saturated carbocycles. The SMILES string of the molecule is COc1cc(C(=O)Oc2ccccc2C=NNC(=O)c2[nH]c3c(OC)cccc3c2-c2ccccc2)cc(OC)c1OC. The summed E-state index contributed by atoms with van der Waals surface area (Å²) in [5, 5.41) is 5.00. The lowest BCUT2D eigenvalue weighted by Crippen LogP contribution is -2.19. The fourth-order valence-electron chi connectivity index (χ4n) is 4.69. The van der Waals surface area contributed by atoms with Crippen LogP contribution < -0.4 is 29.1 Å². The van der Waals surface area contributed by atoms with Crippen LogP contribution in [0.15, 0.2) is 90.0 Å². The van der Waals surface area contributed by atoms with Crippen molar-refractivity contribution >= 4 is 29.0 Å². The van der Waals surface area contributed by atoms with Gasteiger partial charge in [0.2, 0.25) is 5.75 Å². The maximum absolute atomic E-state index is 13.4. The van der Waals surface area contributed by atoms with Gasteiger partial charge >= 0.3 is 5.97 Å². The molecule has 1 heterocycles. The molecule has 10 heteroatoms. The van der Waals surface area contributed by atoms with Gasteiger partial charge in [-0.15, -0.1) is 0 Å². The molecule has 0 fully saturated rings. The van der Waals surface area contributed by atoms with Crippen LogP contribution in [0.4, 0.5) is 0 Å². The smallest absolute Gasteiger partial charge is 0.343 e. The van der Waals surface area contributed by atoms with Crippen molar-refractivity contribution in [2.45, 2.75) is 0 Å². The third kappa shape index (κ3) is 5.84. The van der Waals surface area contributed by atoms with Crippen LogP contribution in [-0.4, -0.2) is 51.5 Å². The van der Waals surface area contributed by atoms with Gasteiger partial charge in [0.25, 0.3) is 5.91 Å². The van der Waals surface area contributed by atoms with Crippen molar-refractivity contribution in [3.05, 3.63) is 102 Å². The number of esters is 1. The molecule has 218 valence electrons. The minimum atomic E-state index is -0.649. The predicted molar refractivity (Wildman–Crippen MR) is 163 cm³/mol. The second-order valence-corrected chi connectivity index (χ2v) is 9.16. The summed E-state index contributed by atoms with van der Waals surface area (Å²) in [5.41, 5.74) is 5.84. The fourth-order valence-corrected chi connectivity index (χ4v) is 4.69. The number of benzene rings is 4. The second kappa shape index (κ2) is 12.8. The van der Waals surface area contributed by atoms with Crippen LogP contribution in [0.3, 0.4) is 0 Å². The average Bonchev–Trinajstić information content (AvgIpc) is 3.45. The summed E-state index contributed by atoms with van der Waals surface area (Å²) < 4.78 is 27.2. The summed E-state index contributed by atoms with van der Waals surface area (Å²) in [4.78, 5) is 29.7. The van der Waals surface area contributed by atoms with Crippen LogP contribution in [-0.2, 0) is 0 Å². The van der Waals surface area contributed by atoms with E-state index in [2.05, 4.69) is 15.5 Å². The molecule has 0 spiro atoms. The number of ether oxygens (including phenoxy) is 5. The number of nitrogens with one attached hydrogen (secondary N) is 2. The van der Waals surface area contributed by atoms with Crippen molar-refractivity contribution in [1.29, 1.82) is 0 Å². The van der Waals surface area contributed by atoms with Gasteiger partial charge in [-0.25, -0.2) is 10.2 Å². The first kappa shape index (κ1) is 28.7. The molecular weight excluding hydrogens is 550 g/mol. The molecule has 0 bridgehead atoms. The number of rotatable bonds is 10. The predicted octanol–water partition coefficient (Wildman–Crippen LogP) is 5.85. The Hall–Kier alpha value is -5.77. The van der Waals surface area contributed by atoms with Crippen molar-refractivity contribution in [3.8, 4) is 39.9 Å².